The Morgan fingerprint density at radius 1 is 1.38 bits per heavy atom. The smallest absolute Gasteiger partial charge is 0.117 e. The minimum atomic E-state index is 0.674. The van der Waals surface area contributed by atoms with Crippen LogP contribution in [0.3, 0.4) is 0 Å². The van der Waals surface area contributed by atoms with E-state index in [-0.39, 0.29) is 0 Å². The van der Waals surface area contributed by atoms with Crippen LogP contribution >= 0.6 is 11.3 Å². The molecule has 0 amide bonds. The van der Waals surface area contributed by atoms with Gasteiger partial charge in [0.15, 0.2) is 0 Å². The molecule has 2 aromatic heterocycles. The Morgan fingerprint density at radius 2 is 2.24 bits per heavy atom. The second-order valence-electron chi connectivity index (χ2n) is 5.64. The summed E-state index contributed by atoms with van der Waals surface area (Å²) in [5.41, 5.74) is 1.15. The lowest BCUT2D eigenvalue weighted by molar-refractivity contribution is 0.245. The van der Waals surface area contributed by atoms with Crippen molar-refractivity contribution in [2.75, 3.05) is 13.1 Å². The van der Waals surface area contributed by atoms with Gasteiger partial charge in [0.2, 0.25) is 0 Å². The molecule has 0 radical (unpaired) electrons. The van der Waals surface area contributed by atoms with Crippen LogP contribution in [0.15, 0.2) is 28.2 Å². The van der Waals surface area contributed by atoms with E-state index in [1.807, 2.05) is 12.1 Å². The second-order valence-corrected chi connectivity index (χ2v) is 6.58. The Kier molecular flexibility index (Phi) is 6.42. The number of aromatic nitrogens is 1. The van der Waals surface area contributed by atoms with E-state index in [4.69, 9.17) is 9.40 Å². The molecule has 5 heteroatoms. The van der Waals surface area contributed by atoms with Crippen LogP contribution in [0.25, 0.3) is 0 Å². The van der Waals surface area contributed by atoms with Gasteiger partial charge < -0.3 is 9.73 Å². The summed E-state index contributed by atoms with van der Waals surface area (Å²) in [6.07, 6.45) is 1.73. The van der Waals surface area contributed by atoms with Gasteiger partial charge in [0.1, 0.15) is 10.8 Å². The fourth-order valence-electron chi connectivity index (χ4n) is 2.10. The highest BCUT2D eigenvalue weighted by Gasteiger charge is 2.09. The van der Waals surface area contributed by atoms with Crippen LogP contribution in [0.5, 0.6) is 0 Å². The zero-order valence-electron chi connectivity index (χ0n) is 13.1. The molecule has 0 spiro atoms. The SMILES string of the molecule is CCN(Cc1csc(CNCC(C)C)n1)Cc1ccco1. The fourth-order valence-corrected chi connectivity index (χ4v) is 2.86. The van der Waals surface area contributed by atoms with Crippen molar-refractivity contribution in [3.8, 4) is 0 Å². The minimum Gasteiger partial charge on any atom is -0.468 e. The molecule has 0 aromatic carbocycles. The summed E-state index contributed by atoms with van der Waals surface area (Å²) in [5.74, 6) is 1.68. The number of hydrogen-bond acceptors (Lipinski definition) is 5. The molecule has 0 fully saturated rings. The van der Waals surface area contributed by atoms with E-state index < -0.39 is 0 Å². The molecule has 116 valence electrons. The maximum atomic E-state index is 5.41. The molecule has 4 nitrogen and oxygen atoms in total. The third-order valence-electron chi connectivity index (χ3n) is 3.22. The van der Waals surface area contributed by atoms with Gasteiger partial charge in [0, 0.05) is 18.5 Å². The Balaban J connectivity index is 1.82. The molecule has 0 bridgehead atoms. The summed E-state index contributed by atoms with van der Waals surface area (Å²) >= 11 is 1.74. The summed E-state index contributed by atoms with van der Waals surface area (Å²) < 4.78 is 5.41. The number of hydrogen-bond donors (Lipinski definition) is 1. The zero-order chi connectivity index (χ0) is 15.1. The van der Waals surface area contributed by atoms with Crippen molar-refractivity contribution in [1.82, 2.24) is 15.2 Å². The van der Waals surface area contributed by atoms with Crippen molar-refractivity contribution in [1.29, 1.82) is 0 Å². The number of furan rings is 1. The van der Waals surface area contributed by atoms with Gasteiger partial charge in [0.25, 0.3) is 0 Å². The van der Waals surface area contributed by atoms with E-state index in [2.05, 4.69) is 36.4 Å². The van der Waals surface area contributed by atoms with Gasteiger partial charge in [0.05, 0.1) is 18.5 Å². The van der Waals surface area contributed by atoms with Crippen molar-refractivity contribution < 1.29 is 4.42 Å². The van der Waals surface area contributed by atoms with E-state index >= 15 is 0 Å². The predicted octanol–water partition coefficient (Wildman–Crippen LogP) is 3.50. The molecule has 0 atom stereocenters. The van der Waals surface area contributed by atoms with Crippen LogP contribution in [0, 0.1) is 5.92 Å². The molecule has 0 saturated heterocycles. The molecule has 0 aliphatic heterocycles. The van der Waals surface area contributed by atoms with Crippen molar-refractivity contribution in [2.24, 2.45) is 5.92 Å². The first-order chi connectivity index (χ1) is 10.2. The maximum absolute atomic E-state index is 5.41. The quantitative estimate of drug-likeness (QED) is 0.770. The lowest BCUT2D eigenvalue weighted by Gasteiger charge is -2.17. The van der Waals surface area contributed by atoms with Crippen LogP contribution in [-0.2, 0) is 19.6 Å². The first-order valence-electron chi connectivity index (χ1n) is 7.56. The van der Waals surface area contributed by atoms with E-state index in [0.29, 0.717) is 5.92 Å². The van der Waals surface area contributed by atoms with E-state index in [0.717, 1.165) is 44.2 Å². The largest absolute Gasteiger partial charge is 0.468 e. The predicted molar refractivity (Wildman–Crippen MR) is 87.2 cm³/mol. The molecule has 0 aliphatic carbocycles. The summed E-state index contributed by atoms with van der Waals surface area (Å²) in [4.78, 5) is 7.04. The number of nitrogens with zero attached hydrogens (tertiary/aromatic N) is 2. The fraction of sp³-hybridized carbons (Fsp3) is 0.562. The zero-order valence-corrected chi connectivity index (χ0v) is 13.9. The van der Waals surface area contributed by atoms with Gasteiger partial charge in [-0.05, 0) is 31.1 Å². The molecule has 0 unspecified atom stereocenters. The lowest BCUT2D eigenvalue weighted by Crippen LogP contribution is -2.22. The Hall–Kier alpha value is -1.17. The number of thiazole rings is 1. The Bertz CT molecular complexity index is 507. The molecule has 0 aliphatic rings. The van der Waals surface area contributed by atoms with E-state index in [1.165, 1.54) is 5.01 Å². The maximum Gasteiger partial charge on any atom is 0.117 e. The third kappa shape index (κ3) is 5.61. The monoisotopic (exact) mass is 307 g/mol. The van der Waals surface area contributed by atoms with Crippen LogP contribution in [0.2, 0.25) is 0 Å². The first-order valence-corrected chi connectivity index (χ1v) is 8.44. The highest BCUT2D eigenvalue weighted by molar-refractivity contribution is 7.09. The minimum absolute atomic E-state index is 0.674. The molecule has 0 saturated carbocycles. The number of nitrogens with one attached hydrogen (secondary N) is 1. The van der Waals surface area contributed by atoms with E-state index in [9.17, 15) is 0 Å². The standard InChI is InChI=1S/C16H25N3OS/c1-4-19(11-15-6-5-7-20-15)10-14-12-21-16(18-14)9-17-8-13(2)3/h5-7,12-13,17H,4,8-11H2,1-3H3. The topological polar surface area (TPSA) is 41.3 Å². The molecular weight excluding hydrogens is 282 g/mol. The average molecular weight is 307 g/mol. The van der Waals surface area contributed by atoms with Gasteiger partial charge >= 0.3 is 0 Å². The van der Waals surface area contributed by atoms with Crippen LogP contribution in [0.4, 0.5) is 0 Å². The van der Waals surface area contributed by atoms with Crippen molar-refractivity contribution in [3.63, 3.8) is 0 Å². The third-order valence-corrected chi connectivity index (χ3v) is 4.12. The van der Waals surface area contributed by atoms with Crippen LogP contribution in [0.1, 0.15) is 37.2 Å². The van der Waals surface area contributed by atoms with Crippen molar-refractivity contribution in [2.45, 2.75) is 40.4 Å². The molecule has 2 aromatic rings. The Labute approximate surface area is 131 Å². The number of rotatable bonds is 9. The van der Waals surface area contributed by atoms with Gasteiger partial charge in [-0.1, -0.05) is 20.8 Å². The lowest BCUT2D eigenvalue weighted by atomic mass is 10.2. The average Bonchev–Trinajstić information content (AvgIpc) is 3.09. The van der Waals surface area contributed by atoms with Gasteiger partial charge in [-0.3, -0.25) is 4.90 Å². The van der Waals surface area contributed by atoms with Crippen LogP contribution in [-0.4, -0.2) is 23.0 Å². The molecule has 2 heterocycles. The van der Waals surface area contributed by atoms with Gasteiger partial charge in [-0.15, -0.1) is 11.3 Å². The molecular formula is C16H25N3OS. The van der Waals surface area contributed by atoms with Crippen molar-refractivity contribution >= 4 is 11.3 Å². The van der Waals surface area contributed by atoms with Gasteiger partial charge in [-0.2, -0.15) is 0 Å². The van der Waals surface area contributed by atoms with Gasteiger partial charge in [-0.25, -0.2) is 4.98 Å². The van der Waals surface area contributed by atoms with E-state index in [1.54, 1.807) is 17.6 Å². The summed E-state index contributed by atoms with van der Waals surface area (Å²) in [5, 5.41) is 6.77. The molecule has 21 heavy (non-hydrogen) atoms. The molecule has 2 rings (SSSR count). The highest BCUT2D eigenvalue weighted by atomic mass is 32.1. The summed E-state index contributed by atoms with van der Waals surface area (Å²) in [6.45, 7) is 11.2. The second kappa shape index (κ2) is 8.32. The normalized spacial score (nSPS) is 11.7. The summed E-state index contributed by atoms with van der Waals surface area (Å²) in [6, 6.07) is 3.95. The highest BCUT2D eigenvalue weighted by Crippen LogP contribution is 2.14. The molecule has 1 N–H and O–H groups in total. The van der Waals surface area contributed by atoms with Crippen molar-refractivity contribution in [3.05, 3.63) is 40.2 Å². The summed E-state index contributed by atoms with van der Waals surface area (Å²) in [7, 11) is 0. The Morgan fingerprint density at radius 3 is 2.90 bits per heavy atom. The van der Waals surface area contributed by atoms with Crippen LogP contribution < -0.4 is 5.32 Å². The first kappa shape index (κ1) is 16.2.